The van der Waals surface area contributed by atoms with Crippen molar-refractivity contribution >= 4 is 46.6 Å². The second kappa shape index (κ2) is 11.9. The van der Waals surface area contributed by atoms with Gasteiger partial charge in [0.05, 0.1) is 16.5 Å². The maximum Gasteiger partial charge on any atom is 0.243 e. The van der Waals surface area contributed by atoms with Gasteiger partial charge in [0.15, 0.2) is 0 Å². The van der Waals surface area contributed by atoms with Gasteiger partial charge in [-0.25, -0.2) is 0 Å². The Balaban J connectivity index is 2.01. The lowest BCUT2D eigenvalue weighted by atomic mass is 10.00. The number of carbonyl (C=O) groups excluding carboxylic acids is 2. The van der Waals surface area contributed by atoms with E-state index < -0.39 is 11.6 Å². The van der Waals surface area contributed by atoms with Crippen molar-refractivity contribution in [1.82, 2.24) is 10.2 Å². The van der Waals surface area contributed by atoms with Crippen molar-refractivity contribution in [2.24, 2.45) is 0 Å². The zero-order chi connectivity index (χ0) is 25.6. The largest absolute Gasteiger partial charge is 0.350 e. The van der Waals surface area contributed by atoms with Crippen LogP contribution in [0.4, 0.5) is 0 Å². The minimum absolute atomic E-state index is 0.0649. The Bertz CT molecular complexity index is 1180. The highest BCUT2D eigenvalue weighted by Gasteiger charge is 2.32. The van der Waals surface area contributed by atoms with Crippen molar-refractivity contribution in [3.8, 4) is 0 Å². The average Bonchev–Trinajstić information content (AvgIpc) is 2.79. The van der Waals surface area contributed by atoms with Crippen molar-refractivity contribution in [3.05, 3.63) is 105 Å². The standard InChI is InChI=1S/C28H29Cl3N2O2/c1-28(2,3)32-27(35)25(16-19-9-5-4-6-10-19)33(18-21-11-7-8-12-22(21)29)26(34)17-20-13-14-23(30)24(31)15-20/h4-15,25H,16-18H2,1-3H3,(H,32,35)/t25-/m0/s1. The van der Waals surface area contributed by atoms with Gasteiger partial charge in [0.25, 0.3) is 0 Å². The lowest BCUT2D eigenvalue weighted by Gasteiger charge is -2.34. The number of hydrogen-bond acceptors (Lipinski definition) is 2. The van der Waals surface area contributed by atoms with Crippen molar-refractivity contribution in [1.29, 1.82) is 0 Å². The normalized spacial score (nSPS) is 12.2. The SMILES string of the molecule is CC(C)(C)NC(=O)[C@H](Cc1ccccc1)N(Cc1ccccc1Cl)C(=O)Cc1ccc(Cl)c(Cl)c1. The molecule has 3 aromatic rings. The summed E-state index contributed by atoms with van der Waals surface area (Å²) in [5.74, 6) is -0.441. The molecule has 0 aliphatic heterocycles. The number of carbonyl (C=O) groups is 2. The molecule has 0 aliphatic rings. The molecular weight excluding hydrogens is 503 g/mol. The Hall–Kier alpha value is -2.53. The molecule has 0 fully saturated rings. The molecule has 1 atom stereocenters. The van der Waals surface area contributed by atoms with E-state index in [0.29, 0.717) is 27.1 Å². The van der Waals surface area contributed by atoms with E-state index in [1.807, 2.05) is 69.3 Å². The second-order valence-electron chi connectivity index (χ2n) is 9.48. The monoisotopic (exact) mass is 530 g/mol. The fourth-order valence-electron chi connectivity index (χ4n) is 3.74. The number of amides is 2. The predicted octanol–water partition coefficient (Wildman–Crippen LogP) is 6.74. The van der Waals surface area contributed by atoms with Crippen molar-refractivity contribution in [2.75, 3.05) is 0 Å². The van der Waals surface area contributed by atoms with Gasteiger partial charge >= 0.3 is 0 Å². The first kappa shape index (κ1) is 27.1. The molecule has 3 rings (SSSR count). The average molecular weight is 532 g/mol. The van der Waals surface area contributed by atoms with Gasteiger partial charge in [-0.2, -0.15) is 0 Å². The number of nitrogens with zero attached hydrogens (tertiary/aromatic N) is 1. The molecule has 0 bridgehead atoms. The van der Waals surface area contributed by atoms with Crippen LogP contribution in [0.1, 0.15) is 37.5 Å². The summed E-state index contributed by atoms with van der Waals surface area (Å²) >= 11 is 18.7. The van der Waals surface area contributed by atoms with Gasteiger partial charge in [0, 0.05) is 23.5 Å². The minimum atomic E-state index is -0.747. The van der Waals surface area contributed by atoms with Crippen LogP contribution in [0.25, 0.3) is 0 Å². The van der Waals surface area contributed by atoms with Crippen molar-refractivity contribution in [2.45, 2.75) is 51.7 Å². The Kier molecular flexibility index (Phi) is 9.23. The molecule has 4 nitrogen and oxygen atoms in total. The van der Waals surface area contributed by atoms with Gasteiger partial charge in [-0.15, -0.1) is 0 Å². The lowest BCUT2D eigenvalue weighted by Crippen LogP contribution is -2.54. The highest BCUT2D eigenvalue weighted by molar-refractivity contribution is 6.42. The molecule has 0 unspecified atom stereocenters. The first-order valence-electron chi connectivity index (χ1n) is 11.4. The first-order valence-corrected chi connectivity index (χ1v) is 12.5. The predicted molar refractivity (Wildman–Crippen MR) is 144 cm³/mol. The summed E-state index contributed by atoms with van der Waals surface area (Å²) in [4.78, 5) is 28.9. The van der Waals surface area contributed by atoms with Crippen LogP contribution in [-0.4, -0.2) is 28.3 Å². The summed E-state index contributed by atoms with van der Waals surface area (Å²) in [7, 11) is 0. The van der Waals surface area contributed by atoms with E-state index in [-0.39, 0.29) is 24.8 Å². The third-order valence-corrected chi connectivity index (χ3v) is 6.51. The van der Waals surface area contributed by atoms with Crippen LogP contribution >= 0.6 is 34.8 Å². The molecule has 0 saturated heterocycles. The maximum atomic E-state index is 13.8. The molecule has 3 aromatic carbocycles. The molecule has 0 radical (unpaired) electrons. The summed E-state index contributed by atoms with van der Waals surface area (Å²) in [6, 6.07) is 21.4. The Morgan fingerprint density at radius 3 is 2.11 bits per heavy atom. The Morgan fingerprint density at radius 2 is 1.49 bits per heavy atom. The van der Waals surface area contributed by atoms with E-state index in [1.54, 1.807) is 29.2 Å². The molecule has 7 heteroatoms. The van der Waals surface area contributed by atoms with Gasteiger partial charge in [-0.05, 0) is 55.7 Å². The van der Waals surface area contributed by atoms with Crippen molar-refractivity contribution in [3.63, 3.8) is 0 Å². The fourth-order valence-corrected chi connectivity index (χ4v) is 4.26. The van der Waals surface area contributed by atoms with Gasteiger partial charge in [-0.3, -0.25) is 9.59 Å². The van der Waals surface area contributed by atoms with Crippen LogP contribution in [0.3, 0.4) is 0 Å². The summed E-state index contributed by atoms with van der Waals surface area (Å²) in [6.07, 6.45) is 0.426. The summed E-state index contributed by atoms with van der Waals surface area (Å²) in [5, 5.41) is 4.38. The zero-order valence-electron chi connectivity index (χ0n) is 20.0. The van der Waals surface area contributed by atoms with E-state index in [0.717, 1.165) is 11.1 Å². The molecule has 184 valence electrons. The minimum Gasteiger partial charge on any atom is -0.350 e. The number of nitrogens with one attached hydrogen (secondary N) is 1. The highest BCUT2D eigenvalue weighted by Crippen LogP contribution is 2.25. The molecule has 0 spiro atoms. The summed E-state index contributed by atoms with van der Waals surface area (Å²) in [6.45, 7) is 5.94. The fraction of sp³-hybridized carbons (Fsp3) is 0.286. The lowest BCUT2D eigenvalue weighted by molar-refractivity contribution is -0.141. The Morgan fingerprint density at radius 1 is 0.829 bits per heavy atom. The quantitative estimate of drug-likeness (QED) is 0.350. The Labute approximate surface area is 222 Å². The smallest absolute Gasteiger partial charge is 0.243 e. The molecule has 0 aliphatic carbocycles. The highest BCUT2D eigenvalue weighted by atomic mass is 35.5. The van der Waals surface area contributed by atoms with Gasteiger partial charge in [0.2, 0.25) is 11.8 Å². The topological polar surface area (TPSA) is 49.4 Å². The van der Waals surface area contributed by atoms with Crippen LogP contribution in [0.2, 0.25) is 15.1 Å². The van der Waals surface area contributed by atoms with Gasteiger partial charge in [0.1, 0.15) is 6.04 Å². The van der Waals surface area contributed by atoms with E-state index in [9.17, 15) is 9.59 Å². The number of rotatable bonds is 8. The molecule has 35 heavy (non-hydrogen) atoms. The van der Waals surface area contributed by atoms with Crippen LogP contribution < -0.4 is 5.32 Å². The van der Waals surface area contributed by atoms with Crippen LogP contribution in [-0.2, 0) is 29.0 Å². The van der Waals surface area contributed by atoms with E-state index in [2.05, 4.69) is 5.32 Å². The number of hydrogen-bond donors (Lipinski definition) is 1. The molecule has 1 N–H and O–H groups in total. The van der Waals surface area contributed by atoms with E-state index >= 15 is 0 Å². The van der Waals surface area contributed by atoms with Crippen molar-refractivity contribution < 1.29 is 9.59 Å². The molecule has 0 aromatic heterocycles. The summed E-state index contributed by atoms with van der Waals surface area (Å²) < 4.78 is 0. The second-order valence-corrected chi connectivity index (χ2v) is 10.7. The van der Waals surface area contributed by atoms with Crippen LogP contribution in [0.15, 0.2) is 72.8 Å². The maximum absolute atomic E-state index is 13.8. The molecular formula is C28H29Cl3N2O2. The first-order chi connectivity index (χ1) is 16.5. The third-order valence-electron chi connectivity index (χ3n) is 5.41. The molecule has 0 heterocycles. The molecule has 2 amide bonds. The van der Waals surface area contributed by atoms with E-state index in [1.165, 1.54) is 0 Å². The van der Waals surface area contributed by atoms with Gasteiger partial charge < -0.3 is 10.2 Å². The van der Waals surface area contributed by atoms with Crippen LogP contribution in [0, 0.1) is 0 Å². The third kappa shape index (κ3) is 7.99. The number of halogens is 3. The number of benzene rings is 3. The zero-order valence-corrected chi connectivity index (χ0v) is 22.3. The van der Waals surface area contributed by atoms with Gasteiger partial charge in [-0.1, -0.05) is 89.4 Å². The van der Waals surface area contributed by atoms with Crippen LogP contribution in [0.5, 0.6) is 0 Å². The van der Waals surface area contributed by atoms with E-state index in [4.69, 9.17) is 34.8 Å². The summed E-state index contributed by atoms with van der Waals surface area (Å²) in [5.41, 5.74) is 1.96. The molecule has 0 saturated carbocycles.